The number of pyridine rings is 1. The van der Waals surface area contributed by atoms with Crippen LogP contribution >= 0.6 is 11.6 Å². The first-order chi connectivity index (χ1) is 15.5. The number of hydrogen-bond donors (Lipinski definition) is 4. The molecular formula is C22H25ClN6O3. The largest absolute Gasteiger partial charge is 0.491 e. The maximum absolute atomic E-state index is 12.3. The van der Waals surface area contributed by atoms with Crippen molar-refractivity contribution >= 4 is 40.9 Å². The molecule has 0 saturated heterocycles. The number of hydrogen-bond acceptors (Lipinski definition) is 4. The molecule has 32 heavy (non-hydrogen) atoms. The normalized spacial score (nSPS) is 13.1. The maximum Gasteiger partial charge on any atom is 0.324 e. The zero-order chi connectivity index (χ0) is 22.8. The van der Waals surface area contributed by atoms with Gasteiger partial charge in [-0.15, -0.1) is 0 Å². The first kappa shape index (κ1) is 23.2. The van der Waals surface area contributed by atoms with Crippen LogP contribution in [0.4, 0.5) is 26.8 Å². The Hall–Kier alpha value is -3.51. The van der Waals surface area contributed by atoms with Crippen LogP contribution in [0.25, 0.3) is 4.85 Å². The molecule has 10 heteroatoms. The minimum absolute atomic E-state index is 0.152. The second-order valence-electron chi connectivity index (χ2n) is 7.32. The zero-order valence-corrected chi connectivity index (χ0v) is 18.2. The van der Waals surface area contributed by atoms with E-state index >= 15 is 0 Å². The van der Waals surface area contributed by atoms with Gasteiger partial charge < -0.3 is 20.7 Å². The molecule has 0 atom stereocenters. The predicted molar refractivity (Wildman–Crippen MR) is 123 cm³/mol. The third kappa shape index (κ3) is 7.32. The van der Waals surface area contributed by atoms with Crippen LogP contribution in [0.5, 0.6) is 5.75 Å². The quantitative estimate of drug-likeness (QED) is 0.333. The number of rotatable bonds is 8. The van der Waals surface area contributed by atoms with E-state index in [1.807, 2.05) is 0 Å². The highest BCUT2D eigenvalue weighted by molar-refractivity contribution is 6.31. The predicted octanol–water partition coefficient (Wildman–Crippen LogP) is 4.94. The standard InChI is InChI=1S/C22H25ClN6O3/c1-24-17-8-10-20(26-14-17)29-22(31)28-18-13-15(23)7-9-19(18)32-12-4-11-25-21(30)27-16-5-2-3-6-16/h7-10,13-14,16H,2-6,11-12H2,(H2,25,27,30)(H2,26,28,29,31). The van der Waals surface area contributed by atoms with E-state index in [-0.39, 0.29) is 12.1 Å². The topological polar surface area (TPSA) is 109 Å². The summed E-state index contributed by atoms with van der Waals surface area (Å²) in [4.78, 5) is 31.5. The Morgan fingerprint density at radius 1 is 1.16 bits per heavy atom. The molecule has 1 aliphatic carbocycles. The Balaban J connectivity index is 1.44. The summed E-state index contributed by atoms with van der Waals surface area (Å²) in [5, 5.41) is 11.5. The van der Waals surface area contributed by atoms with Crippen molar-refractivity contribution < 1.29 is 14.3 Å². The Kier molecular flexibility index (Phi) is 8.52. The van der Waals surface area contributed by atoms with Crippen LogP contribution < -0.4 is 26.0 Å². The molecule has 2 aromatic rings. The van der Waals surface area contributed by atoms with Gasteiger partial charge >= 0.3 is 12.1 Å². The van der Waals surface area contributed by atoms with E-state index in [1.165, 1.54) is 25.1 Å². The third-order valence-electron chi connectivity index (χ3n) is 4.86. The van der Waals surface area contributed by atoms with Crippen molar-refractivity contribution in [3.05, 3.63) is 53.0 Å². The lowest BCUT2D eigenvalue weighted by molar-refractivity contribution is 0.235. The molecule has 1 aromatic heterocycles. The molecule has 168 valence electrons. The Bertz CT molecular complexity index is 971. The average molecular weight is 457 g/mol. The summed E-state index contributed by atoms with van der Waals surface area (Å²) >= 11 is 6.06. The fourth-order valence-electron chi connectivity index (χ4n) is 3.28. The Morgan fingerprint density at radius 3 is 2.69 bits per heavy atom. The summed E-state index contributed by atoms with van der Waals surface area (Å²) in [5.74, 6) is 0.762. The molecule has 1 fully saturated rings. The van der Waals surface area contributed by atoms with Crippen LogP contribution in [0.3, 0.4) is 0 Å². The monoisotopic (exact) mass is 456 g/mol. The van der Waals surface area contributed by atoms with Gasteiger partial charge in [0.2, 0.25) is 5.69 Å². The summed E-state index contributed by atoms with van der Waals surface area (Å²) in [6.45, 7) is 7.75. The number of carbonyl (C=O) groups is 2. The average Bonchev–Trinajstić information content (AvgIpc) is 3.28. The minimum atomic E-state index is -0.523. The number of nitrogens with zero attached hydrogens (tertiary/aromatic N) is 2. The molecule has 0 spiro atoms. The van der Waals surface area contributed by atoms with E-state index < -0.39 is 6.03 Å². The second-order valence-corrected chi connectivity index (χ2v) is 7.75. The van der Waals surface area contributed by atoms with E-state index in [9.17, 15) is 9.59 Å². The molecule has 0 unspecified atom stereocenters. The second kappa shape index (κ2) is 11.8. The lowest BCUT2D eigenvalue weighted by Crippen LogP contribution is -2.41. The highest BCUT2D eigenvalue weighted by atomic mass is 35.5. The van der Waals surface area contributed by atoms with Gasteiger partial charge in [0.05, 0.1) is 18.9 Å². The van der Waals surface area contributed by atoms with Gasteiger partial charge in [-0.3, -0.25) is 10.3 Å². The molecule has 1 saturated carbocycles. The van der Waals surface area contributed by atoms with E-state index in [0.717, 1.165) is 12.8 Å². The molecule has 9 nitrogen and oxygen atoms in total. The fourth-order valence-corrected chi connectivity index (χ4v) is 3.46. The molecule has 1 aliphatic rings. The Morgan fingerprint density at radius 2 is 1.97 bits per heavy atom. The van der Waals surface area contributed by atoms with Crippen molar-refractivity contribution in [1.82, 2.24) is 15.6 Å². The lowest BCUT2D eigenvalue weighted by atomic mass is 10.2. The number of carbonyl (C=O) groups excluding carboxylic acids is 2. The molecule has 4 amide bonds. The maximum atomic E-state index is 12.3. The number of benzene rings is 1. The number of urea groups is 2. The zero-order valence-electron chi connectivity index (χ0n) is 17.5. The molecule has 0 radical (unpaired) electrons. The first-order valence-electron chi connectivity index (χ1n) is 10.4. The summed E-state index contributed by atoms with van der Waals surface area (Å²) < 4.78 is 5.77. The van der Waals surface area contributed by atoms with Crippen LogP contribution in [0.2, 0.25) is 5.02 Å². The molecule has 1 aromatic carbocycles. The van der Waals surface area contributed by atoms with E-state index in [4.69, 9.17) is 22.9 Å². The van der Waals surface area contributed by atoms with Crippen molar-refractivity contribution in [2.75, 3.05) is 23.8 Å². The number of halogens is 1. The van der Waals surface area contributed by atoms with Gasteiger partial charge in [0.25, 0.3) is 0 Å². The number of anilines is 2. The number of nitrogens with one attached hydrogen (secondary N) is 4. The van der Waals surface area contributed by atoms with Crippen molar-refractivity contribution in [2.24, 2.45) is 0 Å². The summed E-state index contributed by atoms with van der Waals surface area (Å²) in [6, 6.07) is 7.62. The molecule has 0 bridgehead atoms. The SMILES string of the molecule is [C-]#[N+]c1ccc(NC(=O)Nc2cc(Cl)ccc2OCCCNC(=O)NC2CCCC2)nc1. The van der Waals surface area contributed by atoms with Gasteiger partial charge in [0, 0.05) is 23.8 Å². The molecule has 3 rings (SSSR count). The highest BCUT2D eigenvalue weighted by Gasteiger charge is 2.16. The van der Waals surface area contributed by atoms with Gasteiger partial charge in [-0.25, -0.2) is 14.4 Å². The molecule has 1 heterocycles. The van der Waals surface area contributed by atoms with E-state index in [1.54, 1.807) is 24.3 Å². The van der Waals surface area contributed by atoms with Crippen LogP contribution in [-0.4, -0.2) is 36.2 Å². The van der Waals surface area contributed by atoms with Gasteiger partial charge in [-0.2, -0.15) is 0 Å². The summed E-state index contributed by atoms with van der Waals surface area (Å²) in [5.41, 5.74) is 0.784. The molecular weight excluding hydrogens is 432 g/mol. The minimum Gasteiger partial charge on any atom is -0.491 e. The van der Waals surface area contributed by atoms with Crippen molar-refractivity contribution in [3.63, 3.8) is 0 Å². The summed E-state index contributed by atoms with van der Waals surface area (Å²) in [6.07, 6.45) is 6.39. The fraction of sp³-hybridized carbons (Fsp3) is 0.364. The van der Waals surface area contributed by atoms with E-state index in [0.29, 0.717) is 47.5 Å². The number of aromatic nitrogens is 1. The van der Waals surface area contributed by atoms with E-state index in [2.05, 4.69) is 31.1 Å². The number of amides is 4. The van der Waals surface area contributed by atoms with Crippen LogP contribution in [0, 0.1) is 6.57 Å². The molecule has 4 N–H and O–H groups in total. The van der Waals surface area contributed by atoms with Crippen molar-refractivity contribution in [2.45, 2.75) is 38.1 Å². The smallest absolute Gasteiger partial charge is 0.324 e. The van der Waals surface area contributed by atoms with Crippen LogP contribution in [-0.2, 0) is 0 Å². The van der Waals surface area contributed by atoms with Gasteiger partial charge in [-0.05, 0) is 43.5 Å². The lowest BCUT2D eigenvalue weighted by Gasteiger charge is -2.15. The van der Waals surface area contributed by atoms with Crippen LogP contribution in [0.1, 0.15) is 32.1 Å². The molecule has 0 aliphatic heterocycles. The van der Waals surface area contributed by atoms with Gasteiger partial charge in [0.15, 0.2) is 0 Å². The third-order valence-corrected chi connectivity index (χ3v) is 5.10. The highest BCUT2D eigenvalue weighted by Crippen LogP contribution is 2.28. The Labute approximate surface area is 191 Å². The summed E-state index contributed by atoms with van der Waals surface area (Å²) in [7, 11) is 0. The first-order valence-corrected chi connectivity index (χ1v) is 10.8. The number of ether oxygens (including phenoxy) is 1. The van der Waals surface area contributed by atoms with Crippen LogP contribution in [0.15, 0.2) is 36.5 Å². The van der Waals surface area contributed by atoms with Crippen molar-refractivity contribution in [1.29, 1.82) is 0 Å². The van der Waals surface area contributed by atoms with Crippen molar-refractivity contribution in [3.8, 4) is 5.75 Å². The van der Waals surface area contributed by atoms with Gasteiger partial charge in [-0.1, -0.05) is 30.5 Å². The van der Waals surface area contributed by atoms with Gasteiger partial charge in [0.1, 0.15) is 11.6 Å².